The molecule has 1 fully saturated rings. The van der Waals surface area contributed by atoms with E-state index < -0.39 is 18.1 Å². The van der Waals surface area contributed by atoms with Crippen molar-refractivity contribution in [2.24, 2.45) is 11.1 Å². The fourth-order valence-electron chi connectivity index (χ4n) is 2.71. The second-order valence-electron chi connectivity index (χ2n) is 5.57. The number of aliphatic hydroxyl groups is 1. The van der Waals surface area contributed by atoms with Gasteiger partial charge in [0.1, 0.15) is 0 Å². The SMILES string of the molecule is CC(O)C(NC(=O)CC1(CN)CCCCC1)C(=O)O. The van der Waals surface area contributed by atoms with Gasteiger partial charge in [-0.05, 0) is 31.7 Å². The first-order valence-corrected chi connectivity index (χ1v) is 6.80. The zero-order chi connectivity index (χ0) is 14.5. The van der Waals surface area contributed by atoms with Crippen molar-refractivity contribution in [3.05, 3.63) is 0 Å². The molecule has 19 heavy (non-hydrogen) atoms. The number of nitrogens with two attached hydrogens (primary N) is 1. The first-order chi connectivity index (χ1) is 8.90. The number of carbonyl (C=O) groups is 2. The molecule has 1 rings (SSSR count). The number of carboxylic acid groups (broad SMARTS) is 1. The van der Waals surface area contributed by atoms with Crippen molar-refractivity contribution in [2.75, 3.05) is 6.54 Å². The van der Waals surface area contributed by atoms with Crippen LogP contribution in [0.15, 0.2) is 0 Å². The number of carbonyl (C=O) groups excluding carboxylic acids is 1. The van der Waals surface area contributed by atoms with Crippen LogP contribution in [-0.2, 0) is 9.59 Å². The van der Waals surface area contributed by atoms with Crippen molar-refractivity contribution in [2.45, 2.75) is 57.6 Å². The van der Waals surface area contributed by atoms with Crippen molar-refractivity contribution >= 4 is 11.9 Å². The lowest BCUT2D eigenvalue weighted by Crippen LogP contribution is -2.49. The molecule has 0 aromatic rings. The Kier molecular flexibility index (Phi) is 5.75. The van der Waals surface area contributed by atoms with Crippen molar-refractivity contribution in [3.63, 3.8) is 0 Å². The third-order valence-electron chi connectivity index (χ3n) is 3.95. The van der Waals surface area contributed by atoms with Crippen LogP contribution < -0.4 is 11.1 Å². The summed E-state index contributed by atoms with van der Waals surface area (Å²) in [5, 5.41) is 20.6. The number of hydrogen-bond donors (Lipinski definition) is 4. The third kappa shape index (κ3) is 4.47. The Bertz CT molecular complexity index is 325. The lowest BCUT2D eigenvalue weighted by atomic mass is 9.71. The fourth-order valence-corrected chi connectivity index (χ4v) is 2.71. The third-order valence-corrected chi connectivity index (χ3v) is 3.95. The molecule has 2 unspecified atom stereocenters. The summed E-state index contributed by atoms with van der Waals surface area (Å²) in [5.74, 6) is -1.57. The minimum absolute atomic E-state index is 0.204. The second kappa shape index (κ2) is 6.86. The van der Waals surface area contributed by atoms with E-state index in [-0.39, 0.29) is 17.7 Å². The maximum Gasteiger partial charge on any atom is 0.328 e. The van der Waals surface area contributed by atoms with E-state index in [9.17, 15) is 14.7 Å². The van der Waals surface area contributed by atoms with Crippen molar-refractivity contribution in [1.82, 2.24) is 5.32 Å². The van der Waals surface area contributed by atoms with Gasteiger partial charge in [-0.3, -0.25) is 4.79 Å². The summed E-state index contributed by atoms with van der Waals surface area (Å²) in [6, 6.07) is -1.26. The molecule has 2 atom stereocenters. The number of aliphatic carboxylic acids is 1. The summed E-state index contributed by atoms with van der Waals surface area (Å²) in [4.78, 5) is 22.9. The van der Waals surface area contributed by atoms with Crippen LogP contribution in [0, 0.1) is 5.41 Å². The molecule has 6 nitrogen and oxygen atoms in total. The summed E-state index contributed by atoms with van der Waals surface area (Å²) in [7, 11) is 0. The Morgan fingerprint density at radius 3 is 2.32 bits per heavy atom. The molecule has 1 saturated carbocycles. The Labute approximate surface area is 113 Å². The normalized spacial score (nSPS) is 21.4. The highest BCUT2D eigenvalue weighted by Crippen LogP contribution is 2.38. The lowest BCUT2D eigenvalue weighted by molar-refractivity contribution is -0.145. The van der Waals surface area contributed by atoms with E-state index in [2.05, 4.69) is 5.32 Å². The molecule has 0 bridgehead atoms. The number of carboxylic acids is 1. The van der Waals surface area contributed by atoms with Gasteiger partial charge in [0.05, 0.1) is 6.10 Å². The van der Waals surface area contributed by atoms with Gasteiger partial charge in [-0.15, -0.1) is 0 Å². The van der Waals surface area contributed by atoms with E-state index in [0.717, 1.165) is 32.1 Å². The standard InChI is InChI=1S/C13H24N2O4/c1-9(16)11(12(18)19)15-10(17)7-13(8-14)5-3-2-4-6-13/h9,11,16H,2-8,14H2,1H3,(H,15,17)(H,18,19). The van der Waals surface area contributed by atoms with Crippen LogP contribution in [0.5, 0.6) is 0 Å². The molecule has 0 aromatic heterocycles. The van der Waals surface area contributed by atoms with E-state index >= 15 is 0 Å². The zero-order valence-corrected chi connectivity index (χ0v) is 11.4. The average molecular weight is 272 g/mol. The van der Waals surface area contributed by atoms with Gasteiger partial charge in [0, 0.05) is 6.42 Å². The van der Waals surface area contributed by atoms with Crippen LogP contribution >= 0.6 is 0 Å². The minimum atomic E-state index is -1.26. The highest BCUT2D eigenvalue weighted by Gasteiger charge is 2.34. The average Bonchev–Trinajstić information content (AvgIpc) is 2.36. The smallest absolute Gasteiger partial charge is 0.328 e. The predicted octanol–water partition coefficient (Wildman–Crippen LogP) is 0.236. The van der Waals surface area contributed by atoms with Gasteiger partial charge in [-0.2, -0.15) is 0 Å². The Morgan fingerprint density at radius 2 is 1.89 bits per heavy atom. The highest BCUT2D eigenvalue weighted by atomic mass is 16.4. The van der Waals surface area contributed by atoms with E-state index in [0.29, 0.717) is 6.54 Å². The van der Waals surface area contributed by atoms with Crippen LogP contribution in [0.25, 0.3) is 0 Å². The summed E-state index contributed by atoms with van der Waals surface area (Å²) < 4.78 is 0. The lowest BCUT2D eigenvalue weighted by Gasteiger charge is -2.36. The first-order valence-electron chi connectivity index (χ1n) is 6.80. The van der Waals surface area contributed by atoms with Crippen LogP contribution in [0.4, 0.5) is 0 Å². The molecule has 0 aliphatic heterocycles. The van der Waals surface area contributed by atoms with Gasteiger partial charge >= 0.3 is 5.97 Å². The highest BCUT2D eigenvalue weighted by molar-refractivity contribution is 5.84. The predicted molar refractivity (Wildman–Crippen MR) is 70.4 cm³/mol. The van der Waals surface area contributed by atoms with Gasteiger partial charge in [0.2, 0.25) is 5.91 Å². The van der Waals surface area contributed by atoms with Crippen molar-refractivity contribution in [1.29, 1.82) is 0 Å². The number of nitrogens with one attached hydrogen (secondary N) is 1. The van der Waals surface area contributed by atoms with E-state index in [1.165, 1.54) is 6.92 Å². The topological polar surface area (TPSA) is 113 Å². The molecule has 1 aliphatic rings. The number of hydrogen-bond acceptors (Lipinski definition) is 4. The summed E-state index contributed by atoms with van der Waals surface area (Å²) in [6.07, 6.45) is 4.20. The van der Waals surface area contributed by atoms with Crippen molar-refractivity contribution < 1.29 is 19.8 Å². The Balaban J connectivity index is 2.59. The van der Waals surface area contributed by atoms with Gasteiger partial charge in [-0.1, -0.05) is 19.3 Å². The second-order valence-corrected chi connectivity index (χ2v) is 5.57. The molecule has 0 aromatic carbocycles. The maximum absolute atomic E-state index is 12.0. The Morgan fingerprint density at radius 1 is 1.32 bits per heavy atom. The molecular formula is C13H24N2O4. The van der Waals surface area contributed by atoms with E-state index in [1.807, 2.05) is 0 Å². The molecular weight excluding hydrogens is 248 g/mol. The Hall–Kier alpha value is -1.14. The van der Waals surface area contributed by atoms with Gasteiger partial charge in [0.25, 0.3) is 0 Å². The monoisotopic (exact) mass is 272 g/mol. The first kappa shape index (κ1) is 15.9. The summed E-state index contributed by atoms with van der Waals surface area (Å²) in [6.45, 7) is 1.78. The fraction of sp³-hybridized carbons (Fsp3) is 0.846. The van der Waals surface area contributed by atoms with Crippen molar-refractivity contribution in [3.8, 4) is 0 Å². The molecule has 5 N–H and O–H groups in total. The molecule has 6 heteroatoms. The number of aliphatic hydroxyl groups excluding tert-OH is 1. The van der Waals surface area contributed by atoms with E-state index in [1.54, 1.807) is 0 Å². The molecule has 1 amide bonds. The molecule has 0 radical (unpaired) electrons. The summed E-state index contributed by atoms with van der Waals surface area (Å²) >= 11 is 0. The van der Waals surface area contributed by atoms with E-state index in [4.69, 9.17) is 10.8 Å². The summed E-state index contributed by atoms with van der Waals surface area (Å²) in [5.41, 5.74) is 5.59. The molecule has 110 valence electrons. The number of amides is 1. The van der Waals surface area contributed by atoms with Crippen LogP contribution in [0.1, 0.15) is 45.4 Å². The molecule has 0 saturated heterocycles. The molecule has 1 aliphatic carbocycles. The van der Waals surface area contributed by atoms with Gasteiger partial charge < -0.3 is 21.3 Å². The maximum atomic E-state index is 12.0. The number of rotatable bonds is 6. The molecule has 0 heterocycles. The zero-order valence-electron chi connectivity index (χ0n) is 11.4. The van der Waals surface area contributed by atoms with Gasteiger partial charge in [-0.25, -0.2) is 4.79 Å². The van der Waals surface area contributed by atoms with Crippen LogP contribution in [0.3, 0.4) is 0 Å². The molecule has 0 spiro atoms. The van der Waals surface area contributed by atoms with Gasteiger partial charge in [0.15, 0.2) is 6.04 Å². The van der Waals surface area contributed by atoms with Crippen LogP contribution in [0.2, 0.25) is 0 Å². The quantitative estimate of drug-likeness (QED) is 0.553. The minimum Gasteiger partial charge on any atom is -0.480 e. The largest absolute Gasteiger partial charge is 0.480 e. The van der Waals surface area contributed by atoms with Crippen LogP contribution in [-0.4, -0.2) is 40.8 Å².